The van der Waals surface area contributed by atoms with Crippen molar-refractivity contribution < 1.29 is 9.53 Å². The quantitative estimate of drug-likeness (QED) is 0.444. The number of carbonyl (C=O) groups excluding carboxylic acids is 1. The second-order valence-corrected chi connectivity index (χ2v) is 9.44. The van der Waals surface area contributed by atoms with Gasteiger partial charge in [-0.3, -0.25) is 4.79 Å². The van der Waals surface area contributed by atoms with E-state index in [9.17, 15) is 4.79 Å². The number of thiazole rings is 1. The van der Waals surface area contributed by atoms with Gasteiger partial charge in [0.25, 0.3) is 0 Å². The molecule has 4 nitrogen and oxygen atoms in total. The number of aromatic nitrogens is 1. The minimum atomic E-state index is -0.572. The van der Waals surface area contributed by atoms with Crippen molar-refractivity contribution in [2.45, 2.75) is 40.0 Å². The smallest absolute Gasteiger partial charge is 0.232 e. The Bertz CT molecular complexity index is 946. The molecular formula is C25H30N2O2S. The van der Waals surface area contributed by atoms with Crippen molar-refractivity contribution in [3.8, 4) is 16.9 Å². The number of nitrogens with one attached hydrogen (secondary N) is 1. The van der Waals surface area contributed by atoms with Crippen LogP contribution in [0, 0.1) is 11.3 Å². The molecule has 0 bridgehead atoms. The normalized spacial score (nSPS) is 12.6. The highest BCUT2D eigenvalue weighted by Crippen LogP contribution is 2.41. The van der Waals surface area contributed by atoms with Crippen LogP contribution in [0.15, 0.2) is 60.1 Å². The van der Waals surface area contributed by atoms with Crippen LogP contribution in [0.1, 0.15) is 45.6 Å². The number of hydrogen-bond acceptors (Lipinski definition) is 4. The van der Waals surface area contributed by atoms with Gasteiger partial charge in [0.2, 0.25) is 5.91 Å². The Morgan fingerprint density at radius 3 is 2.17 bits per heavy atom. The van der Waals surface area contributed by atoms with Crippen molar-refractivity contribution in [1.82, 2.24) is 4.98 Å². The third-order valence-electron chi connectivity index (χ3n) is 5.55. The Kier molecular flexibility index (Phi) is 6.93. The first kappa shape index (κ1) is 22.0. The van der Waals surface area contributed by atoms with Crippen LogP contribution in [-0.4, -0.2) is 18.0 Å². The number of anilines is 1. The number of amides is 1. The minimum absolute atomic E-state index is 0.00216. The topological polar surface area (TPSA) is 51.2 Å². The summed E-state index contributed by atoms with van der Waals surface area (Å²) in [6, 6.07) is 16.7. The van der Waals surface area contributed by atoms with E-state index >= 15 is 0 Å². The van der Waals surface area contributed by atoms with Crippen molar-refractivity contribution in [2.75, 3.05) is 12.4 Å². The van der Waals surface area contributed by atoms with E-state index in [4.69, 9.17) is 4.74 Å². The number of carbonyl (C=O) groups is 1. The molecule has 0 fully saturated rings. The first-order chi connectivity index (χ1) is 14.3. The Morgan fingerprint density at radius 1 is 1.07 bits per heavy atom. The molecule has 1 heterocycles. The maximum absolute atomic E-state index is 13.1. The summed E-state index contributed by atoms with van der Waals surface area (Å²) in [6.45, 7) is 8.46. The van der Waals surface area contributed by atoms with Gasteiger partial charge in [-0.25, -0.2) is 4.98 Å². The monoisotopic (exact) mass is 422 g/mol. The molecule has 1 aromatic heterocycles. The average molecular weight is 423 g/mol. The summed E-state index contributed by atoms with van der Waals surface area (Å²) in [5.74, 6) is 1.42. The van der Waals surface area contributed by atoms with Crippen LogP contribution in [0.5, 0.6) is 5.75 Å². The Labute approximate surface area is 183 Å². The van der Waals surface area contributed by atoms with Gasteiger partial charge in [-0.2, -0.15) is 0 Å². The van der Waals surface area contributed by atoms with Gasteiger partial charge >= 0.3 is 0 Å². The third kappa shape index (κ3) is 5.08. The molecule has 3 aromatic rings. The largest absolute Gasteiger partial charge is 0.497 e. The molecule has 1 amide bonds. The molecule has 30 heavy (non-hydrogen) atoms. The predicted molar refractivity (Wildman–Crippen MR) is 125 cm³/mol. The first-order valence-electron chi connectivity index (χ1n) is 10.3. The molecule has 0 aliphatic rings. The maximum atomic E-state index is 13.1. The first-order valence-corrected chi connectivity index (χ1v) is 11.1. The summed E-state index contributed by atoms with van der Waals surface area (Å²) in [4.78, 5) is 17.3. The number of benzene rings is 2. The van der Waals surface area contributed by atoms with Gasteiger partial charge in [-0.15, -0.1) is 11.3 Å². The van der Waals surface area contributed by atoms with Gasteiger partial charge in [-0.1, -0.05) is 64.1 Å². The number of methoxy groups -OCH3 is 1. The fraction of sp³-hybridized carbons (Fsp3) is 0.360. The molecule has 1 unspecified atom stereocenters. The number of nitrogens with zero attached hydrogens (tertiary/aromatic N) is 1. The minimum Gasteiger partial charge on any atom is -0.497 e. The highest BCUT2D eigenvalue weighted by molar-refractivity contribution is 7.13. The molecule has 3 rings (SSSR count). The molecule has 0 spiro atoms. The van der Waals surface area contributed by atoms with Crippen molar-refractivity contribution in [3.05, 3.63) is 65.7 Å². The molecule has 0 saturated heterocycles. The zero-order valence-electron chi connectivity index (χ0n) is 18.3. The Balaban J connectivity index is 1.86. The highest BCUT2D eigenvalue weighted by atomic mass is 32.1. The van der Waals surface area contributed by atoms with Crippen LogP contribution in [0.25, 0.3) is 11.1 Å². The summed E-state index contributed by atoms with van der Waals surface area (Å²) in [5.41, 5.74) is 2.90. The predicted octanol–water partition coefficient (Wildman–Crippen LogP) is 6.61. The van der Waals surface area contributed by atoms with Crippen LogP contribution in [0.2, 0.25) is 0 Å². The molecular weight excluding hydrogens is 392 g/mol. The zero-order chi connectivity index (χ0) is 21.7. The molecule has 158 valence electrons. The van der Waals surface area contributed by atoms with Crippen LogP contribution in [0.4, 0.5) is 5.13 Å². The molecule has 5 heteroatoms. The summed E-state index contributed by atoms with van der Waals surface area (Å²) in [6.07, 6.45) is 2.64. The van der Waals surface area contributed by atoms with Gasteiger partial charge < -0.3 is 10.1 Å². The van der Waals surface area contributed by atoms with E-state index in [0.717, 1.165) is 23.3 Å². The van der Waals surface area contributed by atoms with E-state index in [1.165, 1.54) is 16.9 Å². The lowest BCUT2D eigenvalue weighted by Gasteiger charge is -2.34. The highest BCUT2D eigenvalue weighted by Gasteiger charge is 2.38. The number of hydrogen-bond donors (Lipinski definition) is 1. The van der Waals surface area contributed by atoms with Crippen LogP contribution < -0.4 is 10.1 Å². The van der Waals surface area contributed by atoms with Gasteiger partial charge in [0.1, 0.15) is 5.75 Å². The maximum Gasteiger partial charge on any atom is 0.232 e. The van der Waals surface area contributed by atoms with Gasteiger partial charge in [0, 0.05) is 11.6 Å². The van der Waals surface area contributed by atoms with Crippen LogP contribution in [-0.2, 0) is 4.79 Å². The van der Waals surface area contributed by atoms with Crippen molar-refractivity contribution >= 4 is 22.4 Å². The fourth-order valence-electron chi connectivity index (χ4n) is 3.71. The van der Waals surface area contributed by atoms with Crippen molar-refractivity contribution in [2.24, 2.45) is 11.3 Å². The van der Waals surface area contributed by atoms with E-state index in [0.29, 0.717) is 11.0 Å². The Morgan fingerprint density at radius 2 is 1.67 bits per heavy atom. The fourth-order valence-corrected chi connectivity index (χ4v) is 4.24. The van der Waals surface area contributed by atoms with E-state index in [1.54, 1.807) is 13.3 Å². The van der Waals surface area contributed by atoms with Crippen molar-refractivity contribution in [3.63, 3.8) is 0 Å². The standard InChI is InChI=1S/C25H30N2O2S/c1-17(2)16-22(25(3,4)23(28)27-24-26-14-15-30-24)20-8-6-18(7-9-20)19-10-12-21(29-5)13-11-19/h6-15,17,22H,16H2,1-5H3,(H,26,27,28). The van der Waals surface area contributed by atoms with E-state index < -0.39 is 5.41 Å². The lowest BCUT2D eigenvalue weighted by molar-refractivity contribution is -0.125. The molecule has 0 aliphatic heterocycles. The van der Waals surface area contributed by atoms with Gasteiger partial charge in [0.05, 0.1) is 12.5 Å². The summed E-state index contributed by atoms with van der Waals surface area (Å²) >= 11 is 1.44. The second kappa shape index (κ2) is 9.43. The van der Waals surface area contributed by atoms with Gasteiger partial charge in [0.15, 0.2) is 5.13 Å². The molecule has 0 radical (unpaired) electrons. The van der Waals surface area contributed by atoms with Crippen molar-refractivity contribution in [1.29, 1.82) is 0 Å². The van der Waals surface area contributed by atoms with E-state index in [2.05, 4.69) is 60.5 Å². The molecule has 2 aromatic carbocycles. The molecule has 1 atom stereocenters. The SMILES string of the molecule is COc1ccc(-c2ccc(C(CC(C)C)C(C)(C)C(=O)Nc3nccs3)cc2)cc1. The Hall–Kier alpha value is -2.66. The van der Waals surface area contributed by atoms with Crippen LogP contribution >= 0.6 is 11.3 Å². The summed E-state index contributed by atoms with van der Waals surface area (Å²) < 4.78 is 5.25. The van der Waals surface area contributed by atoms with Crippen LogP contribution in [0.3, 0.4) is 0 Å². The lowest BCUT2D eigenvalue weighted by Crippen LogP contribution is -2.37. The number of ether oxygens (including phenoxy) is 1. The average Bonchev–Trinajstić information content (AvgIpc) is 3.25. The number of rotatable bonds is 8. The molecule has 0 saturated carbocycles. The van der Waals surface area contributed by atoms with E-state index in [-0.39, 0.29) is 11.8 Å². The van der Waals surface area contributed by atoms with Gasteiger partial charge in [-0.05, 0) is 47.1 Å². The lowest BCUT2D eigenvalue weighted by atomic mass is 9.70. The molecule has 0 aliphatic carbocycles. The second-order valence-electron chi connectivity index (χ2n) is 8.55. The third-order valence-corrected chi connectivity index (χ3v) is 6.24. The van der Waals surface area contributed by atoms with E-state index in [1.807, 2.05) is 31.4 Å². The summed E-state index contributed by atoms with van der Waals surface area (Å²) in [7, 11) is 1.67. The zero-order valence-corrected chi connectivity index (χ0v) is 19.1. The summed E-state index contributed by atoms with van der Waals surface area (Å²) in [5, 5.41) is 5.50. The molecule has 1 N–H and O–H groups in total.